The minimum Gasteiger partial charge on any atom is -0.350 e. The second-order valence-corrected chi connectivity index (χ2v) is 9.22. The summed E-state index contributed by atoms with van der Waals surface area (Å²) in [5.41, 5.74) is 2.66. The molecule has 2 N–H and O–H groups in total. The van der Waals surface area contributed by atoms with Crippen LogP contribution in [0.1, 0.15) is 23.1 Å². The Bertz CT molecular complexity index is 986. The molecule has 1 aliphatic rings. The molecule has 148 valence electrons. The molecule has 8 heteroatoms. The summed E-state index contributed by atoms with van der Waals surface area (Å²) in [6.45, 7) is 2.42. The van der Waals surface area contributed by atoms with Crippen LogP contribution in [0.2, 0.25) is 0 Å². The van der Waals surface area contributed by atoms with E-state index in [0.29, 0.717) is 18.5 Å². The van der Waals surface area contributed by atoms with Gasteiger partial charge in [0.05, 0.1) is 4.90 Å². The number of thioether (sulfide) groups is 1. The van der Waals surface area contributed by atoms with E-state index in [9.17, 15) is 13.2 Å². The van der Waals surface area contributed by atoms with E-state index in [2.05, 4.69) is 15.0 Å². The van der Waals surface area contributed by atoms with Crippen molar-refractivity contribution < 1.29 is 13.2 Å². The van der Waals surface area contributed by atoms with Gasteiger partial charge in [-0.25, -0.2) is 8.42 Å². The number of benzene rings is 2. The van der Waals surface area contributed by atoms with E-state index in [4.69, 9.17) is 0 Å². The first kappa shape index (κ1) is 20.4. The highest BCUT2D eigenvalue weighted by Crippen LogP contribution is 2.23. The van der Waals surface area contributed by atoms with Crippen molar-refractivity contribution in [3.63, 3.8) is 0 Å². The zero-order chi connectivity index (χ0) is 20.1. The van der Waals surface area contributed by atoms with E-state index in [1.54, 1.807) is 30.0 Å². The van der Waals surface area contributed by atoms with E-state index in [1.807, 2.05) is 37.4 Å². The molecule has 28 heavy (non-hydrogen) atoms. The Hall–Kier alpha value is -2.32. The van der Waals surface area contributed by atoms with Crippen molar-refractivity contribution in [1.82, 2.24) is 10.0 Å². The van der Waals surface area contributed by atoms with E-state index in [1.165, 1.54) is 6.07 Å². The molecule has 6 nitrogen and oxygen atoms in total. The van der Waals surface area contributed by atoms with Gasteiger partial charge in [0.15, 0.2) is 0 Å². The van der Waals surface area contributed by atoms with Crippen molar-refractivity contribution in [2.75, 3.05) is 12.0 Å². The summed E-state index contributed by atoms with van der Waals surface area (Å²) in [6, 6.07) is 13.9. The molecule has 3 rings (SSSR count). The number of hydrogen-bond donors (Lipinski definition) is 2. The maximum Gasteiger partial charge on any atom is 0.263 e. The maximum absolute atomic E-state index is 12.7. The van der Waals surface area contributed by atoms with Crippen molar-refractivity contribution in [3.05, 3.63) is 65.2 Å². The van der Waals surface area contributed by atoms with E-state index in [-0.39, 0.29) is 16.6 Å². The van der Waals surface area contributed by atoms with Crippen LogP contribution in [0.25, 0.3) is 0 Å². The normalized spacial score (nSPS) is 17.0. The molecule has 0 aliphatic carbocycles. The van der Waals surface area contributed by atoms with Gasteiger partial charge < -0.3 is 5.32 Å². The number of hydrogen-bond acceptors (Lipinski definition) is 5. The Labute approximate surface area is 169 Å². The van der Waals surface area contributed by atoms with Gasteiger partial charge in [-0.2, -0.15) is 11.8 Å². The van der Waals surface area contributed by atoms with Crippen LogP contribution in [-0.4, -0.2) is 38.2 Å². The van der Waals surface area contributed by atoms with Gasteiger partial charge in [-0.05, 0) is 43.0 Å². The minimum absolute atomic E-state index is 0.192. The number of amidine groups is 1. The molecule has 0 bridgehead atoms. The predicted octanol–water partition coefficient (Wildman–Crippen LogP) is 2.47. The Kier molecular flexibility index (Phi) is 6.41. The lowest BCUT2D eigenvalue weighted by molar-refractivity contribution is -0.122. The van der Waals surface area contributed by atoms with E-state index >= 15 is 0 Å². The van der Waals surface area contributed by atoms with Gasteiger partial charge in [0.1, 0.15) is 11.9 Å². The van der Waals surface area contributed by atoms with Gasteiger partial charge in [0.25, 0.3) is 10.0 Å². The lowest BCUT2D eigenvalue weighted by atomic mass is 10.1. The largest absolute Gasteiger partial charge is 0.350 e. The number of amides is 1. The molecule has 1 atom stereocenters. The van der Waals surface area contributed by atoms with Crippen LogP contribution < -0.4 is 10.0 Å². The smallest absolute Gasteiger partial charge is 0.263 e. The van der Waals surface area contributed by atoms with Crippen molar-refractivity contribution in [3.8, 4) is 0 Å². The van der Waals surface area contributed by atoms with Crippen molar-refractivity contribution in [2.45, 2.75) is 30.8 Å². The summed E-state index contributed by atoms with van der Waals surface area (Å²) in [5.74, 6) is 0.756. The Morgan fingerprint density at radius 3 is 2.61 bits per heavy atom. The molecule has 0 aromatic heterocycles. The lowest BCUT2D eigenvalue weighted by Crippen LogP contribution is -2.35. The molecule has 0 spiro atoms. The number of aryl methyl sites for hydroxylation is 1. The Balaban J connectivity index is 1.79. The third kappa shape index (κ3) is 4.74. The third-order valence-corrected chi connectivity index (χ3v) is 6.47. The molecule has 2 aromatic rings. The topological polar surface area (TPSA) is 87.6 Å². The number of aliphatic imine (C=N–C) groups is 1. The monoisotopic (exact) mass is 417 g/mol. The molecule has 1 amide bonds. The molecule has 0 unspecified atom stereocenters. The van der Waals surface area contributed by atoms with Crippen LogP contribution in [0.15, 0.2) is 58.4 Å². The highest BCUT2D eigenvalue weighted by molar-refractivity contribution is 7.98. The molecule has 0 radical (unpaired) electrons. The van der Waals surface area contributed by atoms with Crippen molar-refractivity contribution >= 4 is 33.5 Å². The first-order valence-corrected chi connectivity index (χ1v) is 11.8. The van der Waals surface area contributed by atoms with E-state index < -0.39 is 16.1 Å². The number of rotatable bonds is 7. The van der Waals surface area contributed by atoms with Gasteiger partial charge in [0.2, 0.25) is 5.91 Å². The van der Waals surface area contributed by atoms with Gasteiger partial charge >= 0.3 is 0 Å². The van der Waals surface area contributed by atoms with Crippen LogP contribution in [-0.2, 0) is 21.4 Å². The van der Waals surface area contributed by atoms with Gasteiger partial charge in [-0.15, -0.1) is 0 Å². The first-order valence-electron chi connectivity index (χ1n) is 8.93. The zero-order valence-electron chi connectivity index (χ0n) is 15.8. The fraction of sp³-hybridized carbons (Fsp3) is 0.300. The highest BCUT2D eigenvalue weighted by Gasteiger charge is 2.31. The van der Waals surface area contributed by atoms with Crippen molar-refractivity contribution in [2.24, 2.45) is 4.99 Å². The molecule has 0 fully saturated rings. The summed E-state index contributed by atoms with van der Waals surface area (Å²) < 4.78 is 27.0. The molecule has 1 heterocycles. The number of fused-ring (bicyclic) bond motifs is 1. The molecule has 2 aromatic carbocycles. The van der Waals surface area contributed by atoms with Crippen LogP contribution in [0.5, 0.6) is 0 Å². The summed E-state index contributed by atoms with van der Waals surface area (Å²) in [4.78, 5) is 17.4. The molecule has 1 aliphatic heterocycles. The quantitative estimate of drug-likeness (QED) is 0.724. The van der Waals surface area contributed by atoms with Gasteiger partial charge in [0, 0.05) is 12.1 Å². The molecular weight excluding hydrogens is 394 g/mol. The van der Waals surface area contributed by atoms with Crippen LogP contribution in [0, 0.1) is 6.92 Å². The first-order chi connectivity index (χ1) is 13.4. The molecule has 0 saturated heterocycles. The van der Waals surface area contributed by atoms with Gasteiger partial charge in [-0.1, -0.05) is 42.0 Å². The fourth-order valence-electron chi connectivity index (χ4n) is 2.88. The van der Waals surface area contributed by atoms with E-state index in [0.717, 1.165) is 16.9 Å². The van der Waals surface area contributed by atoms with Crippen molar-refractivity contribution in [1.29, 1.82) is 0 Å². The Morgan fingerprint density at radius 2 is 1.89 bits per heavy atom. The summed E-state index contributed by atoms with van der Waals surface area (Å²) in [7, 11) is -3.62. The lowest BCUT2D eigenvalue weighted by Gasteiger charge is -2.14. The summed E-state index contributed by atoms with van der Waals surface area (Å²) >= 11 is 1.62. The molecular formula is C20H23N3O3S2. The van der Waals surface area contributed by atoms with Gasteiger partial charge in [-0.3, -0.25) is 14.5 Å². The number of sulfonamides is 1. The highest BCUT2D eigenvalue weighted by atomic mass is 32.2. The average molecular weight is 418 g/mol. The third-order valence-electron chi connectivity index (χ3n) is 4.43. The average Bonchev–Trinajstić information content (AvgIpc) is 2.95. The van der Waals surface area contributed by atoms with Crippen LogP contribution in [0.4, 0.5) is 0 Å². The summed E-state index contributed by atoms with van der Waals surface area (Å²) in [6.07, 6.45) is 2.48. The Morgan fingerprint density at radius 1 is 1.18 bits per heavy atom. The number of nitrogens with zero attached hydrogens (tertiary/aromatic N) is 1. The SMILES string of the molecule is CSCC[C@H](N=C1NS(=O)(=O)c2ccccc21)C(=O)NCc1ccc(C)cc1. The fourth-order valence-corrected chi connectivity index (χ4v) is 4.58. The predicted molar refractivity (Wildman–Crippen MR) is 113 cm³/mol. The number of carbonyl (C=O) groups excluding carboxylic acids is 1. The second-order valence-electron chi connectivity index (χ2n) is 6.58. The zero-order valence-corrected chi connectivity index (χ0v) is 17.4. The standard InChI is InChI=1S/C20H23N3O3S2/c1-14-7-9-15(10-8-14)13-21-20(24)17(11-12-27-2)22-19-16-5-3-4-6-18(16)28(25,26)23-19/h3-10,17H,11-13H2,1-2H3,(H,21,24)(H,22,23)/t17-/m0/s1. The maximum atomic E-state index is 12.7. The van der Waals surface area contributed by atoms with Crippen LogP contribution in [0.3, 0.4) is 0 Å². The minimum atomic E-state index is -3.62. The second kappa shape index (κ2) is 8.79. The van der Waals surface area contributed by atoms with Crippen LogP contribution >= 0.6 is 11.8 Å². The summed E-state index contributed by atoms with van der Waals surface area (Å²) in [5, 5.41) is 2.91. The number of carbonyl (C=O) groups is 1. The molecule has 0 saturated carbocycles. The number of nitrogens with one attached hydrogen (secondary N) is 2.